The van der Waals surface area contributed by atoms with Gasteiger partial charge in [0.1, 0.15) is 5.60 Å². The molecule has 0 radical (unpaired) electrons. The molecule has 2 N–H and O–H groups in total. The maximum absolute atomic E-state index is 11.9. The first kappa shape index (κ1) is 23.5. The molecule has 1 amide bonds. The molecule has 0 bridgehead atoms. The van der Waals surface area contributed by atoms with Crippen molar-refractivity contribution in [2.75, 3.05) is 6.54 Å². The second-order valence-electron chi connectivity index (χ2n) is 8.73. The molecule has 0 saturated heterocycles. The molecule has 2 aromatic rings. The Labute approximate surface area is 179 Å². The summed E-state index contributed by atoms with van der Waals surface area (Å²) in [5.41, 5.74) is 1.28. The SMILES string of the molecule is CC(C)(C)OC(=O)NCC1(c2ccccc2)CCCCC1.O=C(O)c1ccccc1. The fraction of sp³-hybridized carbons (Fsp3) is 0.440. The molecule has 30 heavy (non-hydrogen) atoms. The van der Waals surface area contributed by atoms with E-state index in [0.29, 0.717) is 12.1 Å². The van der Waals surface area contributed by atoms with Crippen LogP contribution in [-0.4, -0.2) is 29.3 Å². The summed E-state index contributed by atoms with van der Waals surface area (Å²) in [4.78, 5) is 22.1. The minimum absolute atomic E-state index is 0.0659. The van der Waals surface area contributed by atoms with Crippen molar-refractivity contribution in [1.82, 2.24) is 5.32 Å². The van der Waals surface area contributed by atoms with E-state index in [-0.39, 0.29) is 11.5 Å². The van der Waals surface area contributed by atoms with Gasteiger partial charge in [0.15, 0.2) is 0 Å². The van der Waals surface area contributed by atoms with Crippen molar-refractivity contribution in [1.29, 1.82) is 0 Å². The van der Waals surface area contributed by atoms with Crippen molar-refractivity contribution in [2.24, 2.45) is 0 Å². The van der Waals surface area contributed by atoms with Gasteiger partial charge in [0, 0.05) is 12.0 Å². The number of rotatable bonds is 4. The molecule has 0 spiro atoms. The molecule has 5 heteroatoms. The molecule has 5 nitrogen and oxygen atoms in total. The standard InChI is InChI=1S/C18H27NO2.C7H6O2/c1-17(2,3)21-16(20)19-14-18(12-8-5-9-13-18)15-10-6-4-7-11-15;8-7(9)6-4-2-1-3-5-6/h4,6-7,10-11H,5,8-9,12-14H2,1-3H3,(H,19,20);1-5H,(H,8,9). The summed E-state index contributed by atoms with van der Waals surface area (Å²) in [5.74, 6) is -0.879. The summed E-state index contributed by atoms with van der Waals surface area (Å²) >= 11 is 0. The third-order valence-corrected chi connectivity index (χ3v) is 5.19. The van der Waals surface area contributed by atoms with Crippen LogP contribution < -0.4 is 5.32 Å². The van der Waals surface area contributed by atoms with Gasteiger partial charge in [-0.15, -0.1) is 0 Å². The van der Waals surface area contributed by atoms with Gasteiger partial charge in [-0.25, -0.2) is 9.59 Å². The molecule has 0 unspecified atom stereocenters. The molecule has 162 valence electrons. The highest BCUT2D eigenvalue weighted by Crippen LogP contribution is 2.38. The average Bonchev–Trinajstić information content (AvgIpc) is 2.73. The minimum Gasteiger partial charge on any atom is -0.478 e. The first-order chi connectivity index (χ1) is 14.2. The van der Waals surface area contributed by atoms with Crippen LogP contribution in [0.15, 0.2) is 60.7 Å². The summed E-state index contributed by atoms with van der Waals surface area (Å²) in [5, 5.41) is 11.4. The van der Waals surface area contributed by atoms with Gasteiger partial charge >= 0.3 is 12.1 Å². The quantitative estimate of drug-likeness (QED) is 0.667. The number of carboxylic acids is 1. The Kier molecular flexibility index (Phi) is 8.46. The Hall–Kier alpha value is -2.82. The molecule has 2 aromatic carbocycles. The highest BCUT2D eigenvalue weighted by atomic mass is 16.6. The number of carboxylic acid groups (broad SMARTS) is 1. The van der Waals surface area contributed by atoms with Crippen molar-refractivity contribution < 1.29 is 19.4 Å². The Balaban J connectivity index is 0.000000297. The molecule has 0 aromatic heterocycles. The van der Waals surface area contributed by atoms with Gasteiger partial charge in [-0.2, -0.15) is 0 Å². The second kappa shape index (κ2) is 10.8. The van der Waals surface area contributed by atoms with Crippen LogP contribution in [0.1, 0.15) is 68.8 Å². The van der Waals surface area contributed by atoms with Gasteiger partial charge < -0.3 is 15.2 Å². The van der Waals surface area contributed by atoms with Gasteiger partial charge in [-0.3, -0.25) is 0 Å². The van der Waals surface area contributed by atoms with E-state index in [1.165, 1.54) is 24.8 Å². The normalized spacial score (nSPS) is 15.3. The number of hydrogen-bond donors (Lipinski definition) is 2. The number of aromatic carboxylic acids is 1. The highest BCUT2D eigenvalue weighted by molar-refractivity contribution is 5.87. The Bertz CT molecular complexity index is 791. The van der Waals surface area contributed by atoms with Crippen molar-refractivity contribution >= 4 is 12.1 Å². The molecule has 1 aliphatic rings. The number of hydrogen-bond acceptors (Lipinski definition) is 3. The van der Waals surface area contributed by atoms with Gasteiger partial charge in [-0.05, 0) is 51.3 Å². The van der Waals surface area contributed by atoms with E-state index >= 15 is 0 Å². The number of benzene rings is 2. The van der Waals surface area contributed by atoms with Crippen LogP contribution >= 0.6 is 0 Å². The summed E-state index contributed by atoms with van der Waals surface area (Å²) in [6.07, 6.45) is 5.69. The molecular weight excluding hydrogens is 378 g/mol. The zero-order chi connectivity index (χ0) is 22.0. The summed E-state index contributed by atoms with van der Waals surface area (Å²) in [6.45, 7) is 6.33. The van der Waals surface area contributed by atoms with Crippen molar-refractivity contribution in [3.63, 3.8) is 0 Å². The van der Waals surface area contributed by atoms with E-state index in [9.17, 15) is 9.59 Å². The number of carbonyl (C=O) groups excluding carboxylic acids is 1. The fourth-order valence-electron chi connectivity index (χ4n) is 3.72. The van der Waals surface area contributed by atoms with Crippen molar-refractivity contribution in [3.05, 3.63) is 71.8 Å². The van der Waals surface area contributed by atoms with Gasteiger partial charge in [0.25, 0.3) is 0 Å². The molecule has 0 heterocycles. The van der Waals surface area contributed by atoms with E-state index in [0.717, 1.165) is 12.8 Å². The third-order valence-electron chi connectivity index (χ3n) is 5.19. The fourth-order valence-corrected chi connectivity index (χ4v) is 3.72. The first-order valence-electron chi connectivity index (χ1n) is 10.5. The maximum atomic E-state index is 11.9. The second-order valence-corrected chi connectivity index (χ2v) is 8.73. The number of ether oxygens (including phenoxy) is 1. The van der Waals surface area contributed by atoms with Crippen LogP contribution in [0.2, 0.25) is 0 Å². The molecular formula is C25H33NO4. The van der Waals surface area contributed by atoms with Crippen LogP contribution in [0.3, 0.4) is 0 Å². The van der Waals surface area contributed by atoms with Crippen molar-refractivity contribution in [2.45, 2.75) is 63.9 Å². The summed E-state index contributed by atoms with van der Waals surface area (Å²) in [7, 11) is 0. The lowest BCUT2D eigenvalue weighted by Gasteiger charge is -2.38. The zero-order valence-corrected chi connectivity index (χ0v) is 18.2. The Morgan fingerprint density at radius 1 is 0.933 bits per heavy atom. The van der Waals surface area contributed by atoms with E-state index in [4.69, 9.17) is 9.84 Å². The summed E-state index contributed by atoms with van der Waals surface area (Å²) in [6, 6.07) is 18.9. The van der Waals surface area contributed by atoms with Crippen LogP contribution in [0.4, 0.5) is 4.79 Å². The largest absolute Gasteiger partial charge is 0.478 e. The lowest BCUT2D eigenvalue weighted by atomic mass is 9.69. The maximum Gasteiger partial charge on any atom is 0.407 e. The molecule has 1 fully saturated rings. The Morgan fingerprint density at radius 2 is 1.47 bits per heavy atom. The van der Waals surface area contributed by atoms with Crippen LogP contribution in [0.5, 0.6) is 0 Å². The first-order valence-corrected chi connectivity index (χ1v) is 10.5. The molecule has 3 rings (SSSR count). The monoisotopic (exact) mass is 411 g/mol. The number of carbonyl (C=O) groups is 2. The van der Waals surface area contributed by atoms with Crippen LogP contribution in [0, 0.1) is 0 Å². The summed E-state index contributed by atoms with van der Waals surface area (Å²) < 4.78 is 5.36. The minimum atomic E-state index is -0.879. The smallest absolute Gasteiger partial charge is 0.407 e. The van der Waals surface area contributed by atoms with Gasteiger partial charge in [0.05, 0.1) is 5.56 Å². The highest BCUT2D eigenvalue weighted by Gasteiger charge is 2.34. The van der Waals surface area contributed by atoms with Crippen molar-refractivity contribution in [3.8, 4) is 0 Å². The zero-order valence-electron chi connectivity index (χ0n) is 18.2. The van der Waals surface area contributed by atoms with E-state index in [2.05, 4.69) is 29.6 Å². The predicted octanol–water partition coefficient (Wildman–Crippen LogP) is 5.80. The van der Waals surface area contributed by atoms with E-state index in [1.807, 2.05) is 26.8 Å². The average molecular weight is 412 g/mol. The van der Waals surface area contributed by atoms with Gasteiger partial charge in [0.2, 0.25) is 0 Å². The Morgan fingerprint density at radius 3 is 1.93 bits per heavy atom. The molecule has 0 aliphatic heterocycles. The molecule has 1 aliphatic carbocycles. The van der Waals surface area contributed by atoms with E-state index < -0.39 is 11.6 Å². The predicted molar refractivity (Wildman–Crippen MR) is 119 cm³/mol. The number of nitrogens with one attached hydrogen (secondary N) is 1. The lowest BCUT2D eigenvalue weighted by molar-refractivity contribution is 0.0507. The van der Waals surface area contributed by atoms with Gasteiger partial charge in [-0.1, -0.05) is 67.8 Å². The number of amides is 1. The lowest BCUT2D eigenvalue weighted by Crippen LogP contribution is -2.43. The third kappa shape index (κ3) is 7.54. The number of alkyl carbamates (subject to hydrolysis) is 1. The van der Waals surface area contributed by atoms with Crippen LogP contribution in [0.25, 0.3) is 0 Å². The van der Waals surface area contributed by atoms with Crippen LogP contribution in [-0.2, 0) is 10.2 Å². The molecule has 1 saturated carbocycles. The molecule has 0 atom stereocenters. The van der Waals surface area contributed by atoms with E-state index in [1.54, 1.807) is 30.3 Å². The topological polar surface area (TPSA) is 75.6 Å².